The molecule has 0 bridgehead atoms. The summed E-state index contributed by atoms with van der Waals surface area (Å²) in [5, 5.41) is 8.50. The number of nitrogens with one attached hydrogen (secondary N) is 2. The van der Waals surface area contributed by atoms with Crippen LogP contribution in [0.5, 0.6) is 0 Å². The molecule has 0 saturated carbocycles. The normalized spacial score (nSPS) is 16.5. The molecule has 2 heterocycles. The molecule has 0 aromatic carbocycles. The Hall–Kier alpha value is -0.620. The zero-order valence-corrected chi connectivity index (χ0v) is 12.4. The lowest BCUT2D eigenvalue weighted by molar-refractivity contribution is 0.0318. The zero-order chi connectivity index (χ0) is 13.5. The number of hydrogen-bond acceptors (Lipinski definition) is 4. The van der Waals surface area contributed by atoms with Gasteiger partial charge in [0.2, 0.25) is 0 Å². The second-order valence-corrected chi connectivity index (χ2v) is 5.85. The summed E-state index contributed by atoms with van der Waals surface area (Å²) in [6.07, 6.45) is 3.37. The first kappa shape index (κ1) is 14.8. The van der Waals surface area contributed by atoms with E-state index in [-0.39, 0.29) is 5.91 Å². The standard InChI is InChI=1S/C13H19ClN2O2S/c14-11-4-9-19-12(11)13(17)16-5-1-8-18-10-2-6-15-7-3-10/h4,9-10,15H,1-3,5-8H2,(H,16,17). The Morgan fingerprint density at radius 1 is 1.53 bits per heavy atom. The molecular weight excluding hydrogens is 284 g/mol. The average molecular weight is 303 g/mol. The van der Waals surface area contributed by atoms with Crippen molar-refractivity contribution in [2.75, 3.05) is 26.2 Å². The molecule has 0 spiro atoms. The quantitative estimate of drug-likeness (QED) is 0.793. The lowest BCUT2D eigenvalue weighted by Crippen LogP contribution is -2.33. The maximum atomic E-state index is 11.8. The maximum absolute atomic E-state index is 11.8. The van der Waals surface area contributed by atoms with Crippen LogP contribution >= 0.6 is 22.9 Å². The SMILES string of the molecule is O=C(NCCCOC1CCNCC1)c1sccc1Cl. The molecule has 1 fully saturated rings. The van der Waals surface area contributed by atoms with Crippen LogP contribution in [0.2, 0.25) is 5.02 Å². The molecular formula is C13H19ClN2O2S. The molecule has 1 aromatic heterocycles. The van der Waals surface area contributed by atoms with E-state index in [0.717, 1.165) is 32.4 Å². The summed E-state index contributed by atoms with van der Waals surface area (Å²) in [5.41, 5.74) is 0. The van der Waals surface area contributed by atoms with Gasteiger partial charge in [-0.1, -0.05) is 11.6 Å². The Balaban J connectivity index is 1.56. The Bertz CT molecular complexity index is 405. The van der Waals surface area contributed by atoms with Crippen molar-refractivity contribution in [3.05, 3.63) is 21.3 Å². The van der Waals surface area contributed by atoms with Crippen LogP contribution in [-0.2, 0) is 4.74 Å². The minimum atomic E-state index is -0.0955. The van der Waals surface area contributed by atoms with E-state index in [0.29, 0.717) is 29.2 Å². The number of piperidine rings is 1. The first-order chi connectivity index (χ1) is 9.27. The van der Waals surface area contributed by atoms with Gasteiger partial charge in [0.15, 0.2) is 0 Å². The predicted molar refractivity (Wildman–Crippen MR) is 78.1 cm³/mol. The highest BCUT2D eigenvalue weighted by atomic mass is 35.5. The summed E-state index contributed by atoms with van der Waals surface area (Å²) in [7, 11) is 0. The summed E-state index contributed by atoms with van der Waals surface area (Å²) in [6.45, 7) is 3.40. The first-order valence-electron chi connectivity index (χ1n) is 6.61. The lowest BCUT2D eigenvalue weighted by Gasteiger charge is -2.22. The predicted octanol–water partition coefficient (Wildman–Crippen LogP) is 2.29. The Labute approximate surface area is 122 Å². The fourth-order valence-corrected chi connectivity index (χ4v) is 3.08. The summed E-state index contributed by atoms with van der Waals surface area (Å²) in [5.74, 6) is -0.0955. The van der Waals surface area contributed by atoms with Gasteiger partial charge in [-0.25, -0.2) is 0 Å². The third-order valence-electron chi connectivity index (χ3n) is 3.07. The van der Waals surface area contributed by atoms with Crippen LogP contribution in [0.1, 0.15) is 28.9 Å². The average Bonchev–Trinajstić information content (AvgIpc) is 2.86. The largest absolute Gasteiger partial charge is 0.378 e. The van der Waals surface area contributed by atoms with Crippen LogP contribution < -0.4 is 10.6 Å². The minimum absolute atomic E-state index is 0.0955. The number of thiophene rings is 1. The summed E-state index contributed by atoms with van der Waals surface area (Å²) >= 11 is 7.26. The smallest absolute Gasteiger partial charge is 0.262 e. The molecule has 4 nitrogen and oxygen atoms in total. The van der Waals surface area contributed by atoms with Crippen molar-refractivity contribution in [3.63, 3.8) is 0 Å². The van der Waals surface area contributed by atoms with Gasteiger partial charge in [0.25, 0.3) is 5.91 Å². The van der Waals surface area contributed by atoms with Gasteiger partial charge in [-0.15, -0.1) is 11.3 Å². The van der Waals surface area contributed by atoms with Gasteiger partial charge in [0.1, 0.15) is 4.88 Å². The molecule has 1 aliphatic rings. The van der Waals surface area contributed by atoms with Crippen LogP contribution in [0.25, 0.3) is 0 Å². The number of halogens is 1. The molecule has 2 rings (SSSR count). The van der Waals surface area contributed by atoms with E-state index in [2.05, 4.69) is 10.6 Å². The number of hydrogen-bond donors (Lipinski definition) is 2. The number of amides is 1. The van der Waals surface area contributed by atoms with E-state index in [9.17, 15) is 4.79 Å². The molecule has 2 N–H and O–H groups in total. The highest BCUT2D eigenvalue weighted by Crippen LogP contribution is 2.21. The second kappa shape index (κ2) is 7.85. The van der Waals surface area contributed by atoms with E-state index in [1.165, 1.54) is 11.3 Å². The van der Waals surface area contributed by atoms with Crippen LogP contribution in [0, 0.1) is 0 Å². The summed E-state index contributed by atoms with van der Waals surface area (Å²) < 4.78 is 5.76. The molecule has 0 aliphatic carbocycles. The van der Waals surface area contributed by atoms with Gasteiger partial charge < -0.3 is 15.4 Å². The van der Waals surface area contributed by atoms with E-state index >= 15 is 0 Å². The summed E-state index contributed by atoms with van der Waals surface area (Å²) in [4.78, 5) is 12.3. The molecule has 0 radical (unpaired) electrons. The minimum Gasteiger partial charge on any atom is -0.378 e. The molecule has 0 unspecified atom stereocenters. The fourth-order valence-electron chi connectivity index (χ4n) is 2.02. The van der Waals surface area contributed by atoms with E-state index < -0.39 is 0 Å². The molecule has 1 amide bonds. The Kier molecular flexibility index (Phi) is 6.10. The van der Waals surface area contributed by atoms with Gasteiger partial charge in [0.05, 0.1) is 11.1 Å². The highest BCUT2D eigenvalue weighted by molar-refractivity contribution is 7.12. The molecule has 1 aliphatic heterocycles. The topological polar surface area (TPSA) is 50.4 Å². The van der Waals surface area contributed by atoms with Crippen molar-refractivity contribution in [3.8, 4) is 0 Å². The first-order valence-corrected chi connectivity index (χ1v) is 7.86. The van der Waals surface area contributed by atoms with Gasteiger partial charge in [-0.05, 0) is 43.8 Å². The lowest BCUT2D eigenvalue weighted by atomic mass is 10.1. The zero-order valence-electron chi connectivity index (χ0n) is 10.8. The number of rotatable bonds is 6. The number of ether oxygens (including phenoxy) is 1. The monoisotopic (exact) mass is 302 g/mol. The number of carbonyl (C=O) groups is 1. The van der Waals surface area contributed by atoms with Crippen molar-refractivity contribution in [2.24, 2.45) is 0 Å². The van der Waals surface area contributed by atoms with Crippen LogP contribution in [0.4, 0.5) is 0 Å². The second-order valence-electron chi connectivity index (χ2n) is 4.53. The van der Waals surface area contributed by atoms with Gasteiger partial charge in [-0.3, -0.25) is 4.79 Å². The van der Waals surface area contributed by atoms with E-state index in [1.807, 2.05) is 5.38 Å². The van der Waals surface area contributed by atoms with Crippen molar-refractivity contribution >= 4 is 28.8 Å². The van der Waals surface area contributed by atoms with Crippen LogP contribution in [0.15, 0.2) is 11.4 Å². The van der Waals surface area contributed by atoms with E-state index in [4.69, 9.17) is 16.3 Å². The van der Waals surface area contributed by atoms with Crippen molar-refractivity contribution in [1.82, 2.24) is 10.6 Å². The molecule has 106 valence electrons. The molecule has 1 saturated heterocycles. The maximum Gasteiger partial charge on any atom is 0.262 e. The van der Waals surface area contributed by atoms with Crippen molar-refractivity contribution in [1.29, 1.82) is 0 Å². The molecule has 19 heavy (non-hydrogen) atoms. The van der Waals surface area contributed by atoms with Crippen LogP contribution in [0.3, 0.4) is 0 Å². The van der Waals surface area contributed by atoms with Gasteiger partial charge >= 0.3 is 0 Å². The van der Waals surface area contributed by atoms with Crippen molar-refractivity contribution < 1.29 is 9.53 Å². The fraction of sp³-hybridized carbons (Fsp3) is 0.615. The summed E-state index contributed by atoms with van der Waals surface area (Å²) in [6, 6.07) is 1.74. The third kappa shape index (κ3) is 4.76. The molecule has 6 heteroatoms. The van der Waals surface area contributed by atoms with Gasteiger partial charge in [-0.2, -0.15) is 0 Å². The highest BCUT2D eigenvalue weighted by Gasteiger charge is 2.13. The molecule has 1 aromatic rings. The number of carbonyl (C=O) groups excluding carboxylic acids is 1. The Morgan fingerprint density at radius 2 is 2.32 bits per heavy atom. The van der Waals surface area contributed by atoms with Crippen LogP contribution in [-0.4, -0.2) is 38.3 Å². The Morgan fingerprint density at radius 3 is 3.00 bits per heavy atom. The van der Waals surface area contributed by atoms with Crippen molar-refractivity contribution in [2.45, 2.75) is 25.4 Å². The third-order valence-corrected chi connectivity index (χ3v) is 4.41. The molecule has 0 atom stereocenters. The van der Waals surface area contributed by atoms with Gasteiger partial charge in [0, 0.05) is 13.2 Å². The van der Waals surface area contributed by atoms with E-state index in [1.54, 1.807) is 6.07 Å².